The summed E-state index contributed by atoms with van der Waals surface area (Å²) in [5, 5.41) is 3.45. The first-order valence-electron chi connectivity index (χ1n) is 6.01. The molecule has 1 aromatic rings. The summed E-state index contributed by atoms with van der Waals surface area (Å²) in [5.41, 5.74) is 1.32. The number of hydrogen-bond donors (Lipinski definition) is 1. The van der Waals surface area contributed by atoms with Gasteiger partial charge in [-0.1, -0.05) is 6.07 Å². The largest absolute Gasteiger partial charge is 0.493 e. The summed E-state index contributed by atoms with van der Waals surface area (Å²) in [7, 11) is 1.66. The second-order valence-electron chi connectivity index (χ2n) is 5.02. The van der Waals surface area contributed by atoms with Crippen LogP contribution in [-0.4, -0.2) is 19.3 Å². The summed E-state index contributed by atoms with van der Waals surface area (Å²) in [5.74, 6) is 1.59. The zero-order chi connectivity index (χ0) is 12.9. The minimum Gasteiger partial charge on any atom is -0.493 e. The third-order valence-electron chi connectivity index (χ3n) is 2.35. The quantitative estimate of drug-likeness (QED) is 0.892. The summed E-state index contributed by atoms with van der Waals surface area (Å²) >= 11 is 0. The van der Waals surface area contributed by atoms with E-state index in [-0.39, 0.29) is 17.9 Å². The predicted molar refractivity (Wildman–Crippen MR) is 78.0 cm³/mol. The fraction of sp³-hybridized carbons (Fsp3) is 0.571. The fourth-order valence-electron chi connectivity index (χ4n) is 1.47. The van der Waals surface area contributed by atoms with Crippen molar-refractivity contribution in [1.29, 1.82) is 0 Å². The molecule has 0 aliphatic rings. The lowest BCUT2D eigenvalue weighted by atomic mass is 10.1. The van der Waals surface area contributed by atoms with Crippen molar-refractivity contribution in [2.24, 2.45) is 0 Å². The second kappa shape index (κ2) is 7.49. The van der Waals surface area contributed by atoms with Crippen LogP contribution in [-0.2, 0) is 6.54 Å². The van der Waals surface area contributed by atoms with E-state index in [9.17, 15) is 0 Å². The van der Waals surface area contributed by atoms with Crippen LogP contribution in [0.4, 0.5) is 0 Å². The molecule has 4 heteroatoms. The molecular formula is C14H24ClNO2. The fourth-order valence-corrected chi connectivity index (χ4v) is 1.47. The molecule has 0 bridgehead atoms. The molecule has 0 fully saturated rings. The normalized spacial score (nSPS) is 10.7. The van der Waals surface area contributed by atoms with E-state index in [2.05, 4.69) is 32.2 Å². The summed E-state index contributed by atoms with van der Waals surface area (Å²) in [6.45, 7) is 9.90. The Morgan fingerprint density at radius 2 is 1.83 bits per heavy atom. The Morgan fingerprint density at radius 3 is 2.33 bits per heavy atom. The number of hydrogen-bond acceptors (Lipinski definition) is 3. The second-order valence-corrected chi connectivity index (χ2v) is 5.02. The molecule has 0 radical (unpaired) electrons. The number of ether oxygens (including phenoxy) is 2. The summed E-state index contributed by atoms with van der Waals surface area (Å²) < 4.78 is 10.8. The van der Waals surface area contributed by atoms with Gasteiger partial charge in [0, 0.05) is 12.1 Å². The number of rotatable bonds is 5. The summed E-state index contributed by atoms with van der Waals surface area (Å²) in [6.07, 6.45) is 0. The van der Waals surface area contributed by atoms with Gasteiger partial charge in [-0.05, 0) is 45.4 Å². The van der Waals surface area contributed by atoms with Gasteiger partial charge in [-0.3, -0.25) is 0 Å². The Labute approximate surface area is 116 Å². The first-order chi connectivity index (χ1) is 7.96. The third-order valence-corrected chi connectivity index (χ3v) is 2.35. The van der Waals surface area contributed by atoms with Crippen LogP contribution in [0.3, 0.4) is 0 Å². The molecule has 0 aromatic heterocycles. The Morgan fingerprint density at radius 1 is 1.17 bits per heavy atom. The van der Waals surface area contributed by atoms with E-state index < -0.39 is 0 Å². The zero-order valence-corrected chi connectivity index (χ0v) is 12.7. The zero-order valence-electron chi connectivity index (χ0n) is 11.9. The van der Waals surface area contributed by atoms with Crippen LogP contribution in [0.25, 0.3) is 0 Å². The molecule has 0 saturated carbocycles. The first-order valence-corrected chi connectivity index (χ1v) is 6.01. The van der Waals surface area contributed by atoms with Gasteiger partial charge in [-0.2, -0.15) is 0 Å². The van der Waals surface area contributed by atoms with Gasteiger partial charge in [-0.15, -0.1) is 12.4 Å². The van der Waals surface area contributed by atoms with E-state index in [1.807, 2.05) is 19.1 Å². The lowest BCUT2D eigenvalue weighted by Crippen LogP contribution is -2.35. The van der Waals surface area contributed by atoms with Crippen molar-refractivity contribution in [3.63, 3.8) is 0 Å². The number of nitrogens with one attached hydrogen (secondary N) is 1. The van der Waals surface area contributed by atoms with Crippen LogP contribution >= 0.6 is 12.4 Å². The molecule has 1 rings (SSSR count). The Kier molecular flexibility index (Phi) is 7.11. The molecule has 1 aromatic carbocycles. The van der Waals surface area contributed by atoms with Crippen molar-refractivity contribution in [3.8, 4) is 11.5 Å². The van der Waals surface area contributed by atoms with Gasteiger partial charge in [0.05, 0.1) is 13.7 Å². The lowest BCUT2D eigenvalue weighted by molar-refractivity contribution is 0.310. The van der Waals surface area contributed by atoms with Gasteiger partial charge in [0.15, 0.2) is 11.5 Å². The highest BCUT2D eigenvalue weighted by atomic mass is 35.5. The number of methoxy groups -OCH3 is 1. The highest BCUT2D eigenvalue weighted by molar-refractivity contribution is 5.85. The molecule has 104 valence electrons. The predicted octanol–water partition coefficient (Wildman–Crippen LogP) is 3.40. The SMILES string of the molecule is CCOc1cc(CNC(C)(C)C)ccc1OC.Cl. The number of benzene rings is 1. The van der Waals surface area contributed by atoms with Crippen molar-refractivity contribution in [2.75, 3.05) is 13.7 Å². The average Bonchev–Trinajstić information content (AvgIpc) is 2.26. The van der Waals surface area contributed by atoms with E-state index in [0.29, 0.717) is 6.61 Å². The standard InChI is InChI=1S/C14H23NO2.ClH/c1-6-17-13-9-11(7-8-12(13)16-5)10-15-14(2,3)4;/h7-9,15H,6,10H2,1-5H3;1H. The van der Waals surface area contributed by atoms with E-state index in [0.717, 1.165) is 18.0 Å². The lowest BCUT2D eigenvalue weighted by Gasteiger charge is -2.21. The molecule has 0 amide bonds. The van der Waals surface area contributed by atoms with Crippen LogP contribution in [0.2, 0.25) is 0 Å². The van der Waals surface area contributed by atoms with Gasteiger partial charge in [0.2, 0.25) is 0 Å². The maximum Gasteiger partial charge on any atom is 0.161 e. The van der Waals surface area contributed by atoms with Crippen molar-refractivity contribution in [2.45, 2.75) is 39.8 Å². The number of halogens is 1. The molecule has 0 atom stereocenters. The van der Waals surface area contributed by atoms with Crippen molar-refractivity contribution in [1.82, 2.24) is 5.32 Å². The molecule has 0 saturated heterocycles. The monoisotopic (exact) mass is 273 g/mol. The molecular weight excluding hydrogens is 250 g/mol. The molecule has 0 spiro atoms. The Balaban J connectivity index is 0.00000289. The van der Waals surface area contributed by atoms with Gasteiger partial charge < -0.3 is 14.8 Å². The molecule has 18 heavy (non-hydrogen) atoms. The molecule has 1 N–H and O–H groups in total. The van der Waals surface area contributed by atoms with Crippen LogP contribution in [0, 0.1) is 0 Å². The first kappa shape index (κ1) is 17.1. The van der Waals surface area contributed by atoms with Crippen molar-refractivity contribution < 1.29 is 9.47 Å². The minimum atomic E-state index is 0. The van der Waals surface area contributed by atoms with E-state index in [1.54, 1.807) is 7.11 Å². The molecule has 0 aliphatic heterocycles. The van der Waals surface area contributed by atoms with E-state index >= 15 is 0 Å². The smallest absolute Gasteiger partial charge is 0.161 e. The minimum absolute atomic E-state index is 0. The topological polar surface area (TPSA) is 30.5 Å². The Bertz CT molecular complexity index is 361. The Hall–Kier alpha value is -0.930. The van der Waals surface area contributed by atoms with Crippen LogP contribution in [0.5, 0.6) is 11.5 Å². The van der Waals surface area contributed by atoms with Gasteiger partial charge in [-0.25, -0.2) is 0 Å². The van der Waals surface area contributed by atoms with Gasteiger partial charge in [0.25, 0.3) is 0 Å². The molecule has 3 nitrogen and oxygen atoms in total. The summed E-state index contributed by atoms with van der Waals surface area (Å²) in [6, 6.07) is 6.03. The van der Waals surface area contributed by atoms with Gasteiger partial charge >= 0.3 is 0 Å². The molecule has 0 heterocycles. The van der Waals surface area contributed by atoms with Crippen LogP contribution < -0.4 is 14.8 Å². The highest BCUT2D eigenvalue weighted by Gasteiger charge is 2.10. The third kappa shape index (κ3) is 5.61. The maximum absolute atomic E-state index is 5.55. The van der Waals surface area contributed by atoms with Crippen molar-refractivity contribution >= 4 is 12.4 Å². The van der Waals surface area contributed by atoms with Crippen LogP contribution in [0.1, 0.15) is 33.3 Å². The maximum atomic E-state index is 5.55. The van der Waals surface area contributed by atoms with E-state index in [4.69, 9.17) is 9.47 Å². The van der Waals surface area contributed by atoms with Crippen molar-refractivity contribution in [3.05, 3.63) is 23.8 Å². The van der Waals surface area contributed by atoms with E-state index in [1.165, 1.54) is 5.56 Å². The average molecular weight is 274 g/mol. The highest BCUT2D eigenvalue weighted by Crippen LogP contribution is 2.28. The van der Waals surface area contributed by atoms with Crippen LogP contribution in [0.15, 0.2) is 18.2 Å². The molecule has 0 aliphatic carbocycles. The summed E-state index contributed by atoms with van der Waals surface area (Å²) in [4.78, 5) is 0. The molecule has 0 unspecified atom stereocenters. The van der Waals surface area contributed by atoms with Gasteiger partial charge in [0.1, 0.15) is 0 Å².